The molecular weight excluding hydrogens is 132 g/mol. The zero-order valence-electron chi connectivity index (χ0n) is 8.48. The maximum atomic E-state index is 2.31. The van der Waals surface area contributed by atoms with Crippen LogP contribution in [-0.4, -0.2) is 0 Å². The van der Waals surface area contributed by atoms with Crippen LogP contribution in [0.3, 0.4) is 0 Å². The normalized spacial score (nSPS) is 12.7. The molecule has 11 heavy (non-hydrogen) atoms. The van der Waals surface area contributed by atoms with Gasteiger partial charge < -0.3 is 0 Å². The third-order valence-electron chi connectivity index (χ3n) is 1.68. The van der Waals surface area contributed by atoms with E-state index in [-0.39, 0.29) is 0 Å². The van der Waals surface area contributed by atoms with E-state index in [1.165, 1.54) is 25.7 Å². The minimum Gasteiger partial charge on any atom is -0.0885 e. The van der Waals surface area contributed by atoms with E-state index in [0.717, 1.165) is 0 Å². The van der Waals surface area contributed by atoms with Gasteiger partial charge in [-0.15, -0.1) is 0 Å². The Morgan fingerprint density at radius 2 is 1.55 bits per heavy atom. The van der Waals surface area contributed by atoms with Gasteiger partial charge in [-0.25, -0.2) is 0 Å². The van der Waals surface area contributed by atoms with E-state index in [2.05, 4.69) is 39.8 Å². The number of unbranched alkanes of at least 4 members (excludes halogenated alkanes) is 1. The molecule has 0 atom stereocenters. The lowest BCUT2D eigenvalue weighted by molar-refractivity contribution is 0.381. The molecule has 66 valence electrons. The third-order valence-corrected chi connectivity index (χ3v) is 1.68. The minimum absolute atomic E-state index is 0.497. The summed E-state index contributed by atoms with van der Waals surface area (Å²) in [4.78, 5) is 0. The molecular formula is C11H22. The minimum atomic E-state index is 0.497. The average molecular weight is 154 g/mol. The lowest BCUT2D eigenvalue weighted by Gasteiger charge is -2.15. The van der Waals surface area contributed by atoms with Crippen molar-refractivity contribution in [3.05, 3.63) is 12.2 Å². The molecule has 0 bridgehead atoms. The Labute approximate surface area is 71.7 Å². The first-order chi connectivity index (χ1) is 5.06. The monoisotopic (exact) mass is 154 g/mol. The van der Waals surface area contributed by atoms with Crippen molar-refractivity contribution >= 4 is 0 Å². The van der Waals surface area contributed by atoms with E-state index in [0.29, 0.717) is 5.41 Å². The van der Waals surface area contributed by atoms with Crippen LogP contribution in [-0.2, 0) is 0 Å². The van der Waals surface area contributed by atoms with Crippen LogP contribution in [0, 0.1) is 5.41 Å². The topological polar surface area (TPSA) is 0 Å². The molecule has 0 spiro atoms. The summed E-state index contributed by atoms with van der Waals surface area (Å²) in [7, 11) is 0. The molecule has 0 amide bonds. The van der Waals surface area contributed by atoms with Crippen molar-refractivity contribution in [1.29, 1.82) is 0 Å². The predicted molar refractivity (Wildman–Crippen MR) is 52.7 cm³/mol. The number of allylic oxidation sites excluding steroid dienone is 2. The van der Waals surface area contributed by atoms with Gasteiger partial charge in [-0.3, -0.25) is 0 Å². The Balaban J connectivity index is 3.27. The van der Waals surface area contributed by atoms with Crippen LogP contribution in [0.5, 0.6) is 0 Å². The van der Waals surface area contributed by atoms with Crippen LogP contribution < -0.4 is 0 Å². The maximum Gasteiger partial charge on any atom is -0.0346 e. The lowest BCUT2D eigenvalue weighted by Crippen LogP contribution is -2.02. The van der Waals surface area contributed by atoms with Crippen molar-refractivity contribution in [1.82, 2.24) is 0 Å². The van der Waals surface area contributed by atoms with Crippen molar-refractivity contribution in [2.24, 2.45) is 5.41 Å². The maximum absolute atomic E-state index is 2.31. The summed E-state index contributed by atoms with van der Waals surface area (Å²) in [6.45, 7) is 9.09. The van der Waals surface area contributed by atoms with Gasteiger partial charge in [0.25, 0.3) is 0 Å². The fourth-order valence-electron chi connectivity index (χ4n) is 0.919. The smallest absolute Gasteiger partial charge is 0.0346 e. The van der Waals surface area contributed by atoms with Crippen molar-refractivity contribution in [3.63, 3.8) is 0 Å². The van der Waals surface area contributed by atoms with Gasteiger partial charge in [-0.2, -0.15) is 0 Å². The molecule has 0 radical (unpaired) electrons. The highest BCUT2D eigenvalue weighted by Gasteiger charge is 2.07. The predicted octanol–water partition coefficient (Wildman–Crippen LogP) is 4.17. The van der Waals surface area contributed by atoms with Gasteiger partial charge in [0.2, 0.25) is 0 Å². The summed E-state index contributed by atoms with van der Waals surface area (Å²) in [5.74, 6) is 0. The van der Waals surface area contributed by atoms with E-state index in [1.807, 2.05) is 0 Å². The van der Waals surface area contributed by atoms with Gasteiger partial charge in [0, 0.05) is 0 Å². The molecule has 0 saturated heterocycles. The molecule has 0 heteroatoms. The van der Waals surface area contributed by atoms with E-state index in [9.17, 15) is 0 Å². The highest BCUT2D eigenvalue weighted by atomic mass is 14.1. The average Bonchev–Trinajstić information content (AvgIpc) is 1.85. The van der Waals surface area contributed by atoms with Gasteiger partial charge in [0.1, 0.15) is 0 Å². The van der Waals surface area contributed by atoms with Crippen molar-refractivity contribution < 1.29 is 0 Å². The molecule has 0 nitrogen and oxygen atoms in total. The van der Waals surface area contributed by atoms with Crippen LogP contribution in [0.2, 0.25) is 0 Å². The van der Waals surface area contributed by atoms with Crippen LogP contribution >= 0.6 is 0 Å². The standard InChI is InChI=1S/C11H22/c1-5-6-7-8-9-10-11(2,3)4/h7-8H,5-6,9-10H2,1-4H3/b8-7-. The quantitative estimate of drug-likeness (QED) is 0.533. The number of hydrogen-bond donors (Lipinski definition) is 0. The molecule has 0 rings (SSSR count). The van der Waals surface area contributed by atoms with Crippen LogP contribution in [0.1, 0.15) is 53.4 Å². The Morgan fingerprint density at radius 1 is 1.00 bits per heavy atom. The molecule has 0 saturated carbocycles. The molecule has 0 unspecified atom stereocenters. The van der Waals surface area contributed by atoms with Crippen LogP contribution in [0.25, 0.3) is 0 Å². The Morgan fingerprint density at radius 3 is 2.00 bits per heavy atom. The second-order valence-corrected chi connectivity index (χ2v) is 4.36. The Kier molecular flexibility index (Phi) is 5.27. The summed E-state index contributed by atoms with van der Waals surface area (Å²) in [6.07, 6.45) is 9.66. The zero-order chi connectivity index (χ0) is 8.74. The molecule has 0 aromatic heterocycles. The fraction of sp³-hybridized carbons (Fsp3) is 0.818. The molecule has 0 N–H and O–H groups in total. The zero-order valence-corrected chi connectivity index (χ0v) is 8.48. The fourth-order valence-corrected chi connectivity index (χ4v) is 0.919. The summed E-state index contributed by atoms with van der Waals surface area (Å²) >= 11 is 0. The largest absolute Gasteiger partial charge is 0.0885 e. The van der Waals surface area contributed by atoms with E-state index >= 15 is 0 Å². The Bertz CT molecular complexity index is 104. The highest BCUT2D eigenvalue weighted by Crippen LogP contribution is 2.20. The molecule has 0 fully saturated rings. The van der Waals surface area contributed by atoms with Crippen molar-refractivity contribution in [2.75, 3.05) is 0 Å². The van der Waals surface area contributed by atoms with Gasteiger partial charge in [-0.05, 0) is 24.7 Å². The SMILES string of the molecule is CCC/C=C\CCC(C)(C)C. The Hall–Kier alpha value is -0.260. The summed E-state index contributed by atoms with van der Waals surface area (Å²) in [5, 5.41) is 0. The van der Waals surface area contributed by atoms with E-state index in [4.69, 9.17) is 0 Å². The second-order valence-electron chi connectivity index (χ2n) is 4.36. The molecule has 0 aliphatic carbocycles. The summed E-state index contributed by atoms with van der Waals surface area (Å²) < 4.78 is 0. The van der Waals surface area contributed by atoms with Gasteiger partial charge >= 0.3 is 0 Å². The highest BCUT2D eigenvalue weighted by molar-refractivity contribution is 4.82. The first-order valence-electron chi connectivity index (χ1n) is 4.71. The second kappa shape index (κ2) is 5.40. The van der Waals surface area contributed by atoms with Gasteiger partial charge in [-0.1, -0.05) is 46.3 Å². The first kappa shape index (κ1) is 10.7. The van der Waals surface area contributed by atoms with E-state index < -0.39 is 0 Å². The van der Waals surface area contributed by atoms with Crippen LogP contribution in [0.15, 0.2) is 12.2 Å². The molecule has 0 aromatic rings. The van der Waals surface area contributed by atoms with Gasteiger partial charge in [0.05, 0.1) is 0 Å². The lowest BCUT2D eigenvalue weighted by atomic mass is 9.90. The van der Waals surface area contributed by atoms with Crippen molar-refractivity contribution in [2.45, 2.75) is 53.4 Å². The molecule has 0 heterocycles. The summed E-state index contributed by atoms with van der Waals surface area (Å²) in [6, 6.07) is 0. The van der Waals surface area contributed by atoms with Crippen molar-refractivity contribution in [3.8, 4) is 0 Å². The van der Waals surface area contributed by atoms with E-state index in [1.54, 1.807) is 0 Å². The molecule has 0 aliphatic rings. The molecule has 0 aromatic carbocycles. The third kappa shape index (κ3) is 9.74. The first-order valence-corrected chi connectivity index (χ1v) is 4.71. The van der Waals surface area contributed by atoms with Crippen LogP contribution in [0.4, 0.5) is 0 Å². The number of hydrogen-bond acceptors (Lipinski definition) is 0. The molecule has 0 aliphatic heterocycles. The number of rotatable bonds is 4. The van der Waals surface area contributed by atoms with Gasteiger partial charge in [0.15, 0.2) is 0 Å². The summed E-state index contributed by atoms with van der Waals surface area (Å²) in [5.41, 5.74) is 0.497.